The van der Waals surface area contributed by atoms with Crippen molar-refractivity contribution < 1.29 is 35.8 Å². The minimum atomic E-state index is -3.53. The molecule has 18 heteroatoms. The first-order valence-corrected chi connectivity index (χ1v) is 27.0. The Hall–Kier alpha value is -5.24. The summed E-state index contributed by atoms with van der Waals surface area (Å²) in [5, 5.41) is 5.76. The third-order valence-electron chi connectivity index (χ3n) is 12.1. The predicted octanol–water partition coefficient (Wildman–Crippen LogP) is 9.27. The van der Waals surface area contributed by atoms with Gasteiger partial charge in [-0.3, -0.25) is 0 Å². The van der Waals surface area contributed by atoms with Crippen molar-refractivity contribution in [3.8, 4) is 45.5 Å². The van der Waals surface area contributed by atoms with Crippen LogP contribution in [0.1, 0.15) is 52.7 Å². The first kappa shape index (κ1) is 50.6. The average Bonchev–Trinajstić information content (AvgIpc) is 4.05. The van der Waals surface area contributed by atoms with Crippen LogP contribution in [0.3, 0.4) is 0 Å². The van der Waals surface area contributed by atoms with Crippen molar-refractivity contribution in [2.45, 2.75) is 62.2 Å². The van der Waals surface area contributed by atoms with E-state index in [0.29, 0.717) is 73.6 Å². The van der Waals surface area contributed by atoms with Gasteiger partial charge in [-0.15, -0.1) is 22.7 Å². The first-order valence-electron chi connectivity index (χ1n) is 22.3. The van der Waals surface area contributed by atoms with Crippen molar-refractivity contribution in [2.24, 2.45) is 0 Å². The third-order valence-corrected chi connectivity index (χ3v) is 17.7. The summed E-state index contributed by atoms with van der Waals surface area (Å²) in [6, 6.07) is 25.9. The first-order chi connectivity index (χ1) is 32.3. The summed E-state index contributed by atoms with van der Waals surface area (Å²) in [6.45, 7) is 16.7. The lowest BCUT2D eigenvalue weighted by Crippen LogP contribution is -2.48. The highest BCUT2D eigenvalue weighted by Gasteiger charge is 2.32. The van der Waals surface area contributed by atoms with Gasteiger partial charge in [0, 0.05) is 74.2 Å². The van der Waals surface area contributed by atoms with Gasteiger partial charge in [0.05, 0.1) is 49.6 Å². The number of aromatic nitrogens is 2. The van der Waals surface area contributed by atoms with Gasteiger partial charge in [0.15, 0.2) is 21.8 Å². The summed E-state index contributed by atoms with van der Waals surface area (Å²) in [5.41, 5.74) is 5.67. The van der Waals surface area contributed by atoms with Gasteiger partial charge in [-0.05, 0) is 82.6 Å². The van der Waals surface area contributed by atoms with E-state index < -0.39 is 20.0 Å². The van der Waals surface area contributed by atoms with Crippen LogP contribution in [0.2, 0.25) is 0 Å². The highest BCUT2D eigenvalue weighted by molar-refractivity contribution is 7.89. The summed E-state index contributed by atoms with van der Waals surface area (Å²) in [4.78, 5) is 14.6. The number of piperazine rings is 2. The Morgan fingerprint density at radius 1 is 0.485 bits per heavy atom. The average molecular weight is 1000 g/mol. The Kier molecular flexibility index (Phi) is 15.5. The zero-order valence-electron chi connectivity index (χ0n) is 40.5. The number of sulfonamides is 2. The molecule has 2 aromatic heterocycles. The van der Waals surface area contributed by atoms with Gasteiger partial charge in [0.1, 0.15) is 11.5 Å². The Balaban J connectivity index is 0.000000201. The Labute approximate surface area is 410 Å². The minimum Gasteiger partial charge on any atom is -0.497 e. The minimum absolute atomic E-state index is 0.0164. The van der Waals surface area contributed by atoms with Crippen LogP contribution in [0.25, 0.3) is 22.5 Å². The van der Waals surface area contributed by atoms with Gasteiger partial charge in [-0.25, -0.2) is 26.8 Å². The molecule has 4 aromatic carbocycles. The second kappa shape index (κ2) is 20.8. The smallest absolute Gasteiger partial charge is 0.243 e. The molecule has 68 heavy (non-hydrogen) atoms. The maximum Gasteiger partial charge on any atom is 0.243 e. The molecule has 6 aromatic rings. The number of ether oxygens (including phenoxy) is 4. The quantitative estimate of drug-likeness (QED) is 0.115. The fourth-order valence-electron chi connectivity index (χ4n) is 7.88. The molecule has 364 valence electrons. The van der Waals surface area contributed by atoms with Crippen LogP contribution in [-0.4, -0.2) is 116 Å². The lowest BCUT2D eigenvalue weighted by Gasteiger charge is -2.33. The molecule has 14 nitrogen and oxygen atoms in total. The Morgan fingerprint density at radius 3 is 1.34 bits per heavy atom. The Morgan fingerprint density at radius 2 is 0.912 bits per heavy atom. The number of benzene rings is 4. The van der Waals surface area contributed by atoms with Crippen molar-refractivity contribution in [2.75, 3.05) is 90.6 Å². The zero-order valence-corrected chi connectivity index (χ0v) is 43.7. The molecular weight excluding hydrogens is 941 g/mol. The van der Waals surface area contributed by atoms with E-state index in [1.165, 1.54) is 0 Å². The van der Waals surface area contributed by atoms with E-state index >= 15 is 0 Å². The van der Waals surface area contributed by atoms with Crippen LogP contribution in [0.5, 0.6) is 23.0 Å². The van der Waals surface area contributed by atoms with Crippen LogP contribution in [0.4, 0.5) is 10.3 Å². The number of rotatable bonds is 12. The van der Waals surface area contributed by atoms with E-state index in [9.17, 15) is 16.8 Å². The van der Waals surface area contributed by atoms with Crippen LogP contribution < -0.4 is 28.7 Å². The maximum absolute atomic E-state index is 13.2. The molecule has 4 heterocycles. The molecule has 2 aliphatic rings. The number of hydrogen-bond donors (Lipinski definition) is 0. The van der Waals surface area contributed by atoms with E-state index in [2.05, 4.69) is 51.3 Å². The summed E-state index contributed by atoms with van der Waals surface area (Å²) in [6.07, 6.45) is 0. The van der Waals surface area contributed by atoms with Gasteiger partial charge in [0.25, 0.3) is 0 Å². The molecule has 0 radical (unpaired) electrons. The molecule has 2 aliphatic heterocycles. The lowest BCUT2D eigenvalue weighted by molar-refractivity contribution is 0.355. The van der Waals surface area contributed by atoms with Gasteiger partial charge in [0.2, 0.25) is 20.0 Å². The molecule has 0 saturated carbocycles. The molecule has 2 fully saturated rings. The van der Waals surface area contributed by atoms with E-state index in [1.807, 2.05) is 71.4 Å². The Bertz CT molecular complexity index is 2870. The number of thiazole rings is 2. The molecule has 2 saturated heterocycles. The van der Waals surface area contributed by atoms with Crippen molar-refractivity contribution >= 4 is 53.0 Å². The van der Waals surface area contributed by atoms with Gasteiger partial charge in [-0.2, -0.15) is 8.61 Å². The van der Waals surface area contributed by atoms with Crippen molar-refractivity contribution in [1.82, 2.24) is 18.6 Å². The van der Waals surface area contributed by atoms with Crippen LogP contribution >= 0.6 is 22.7 Å². The standard InChI is InChI=1S/2C25H31N3O4S2/c1-25(2,3)19-7-9-20(10-8-19)34(29,30)28-14-12-27(13-15-28)24-26-21(17-33-24)18-6-11-22(31-4)23(16-18)32-5;1-25(2,3)18-6-9-20(10-7-18)34(29,30)28-14-12-27(13-15-28)24-26-22(17-33-24)21-16-19(31-4)8-11-23(21)32-5/h2*6-11,16-17H,12-15H2,1-5H3. The summed E-state index contributed by atoms with van der Waals surface area (Å²) >= 11 is 3.10. The molecule has 0 N–H and O–H groups in total. The molecule has 0 aliphatic carbocycles. The molecule has 8 rings (SSSR count). The highest BCUT2D eigenvalue weighted by Crippen LogP contribution is 2.38. The zero-order chi connectivity index (χ0) is 49.0. The summed E-state index contributed by atoms with van der Waals surface area (Å²) in [7, 11) is -0.558. The van der Waals surface area contributed by atoms with Crippen molar-refractivity contribution in [3.63, 3.8) is 0 Å². The molecule has 0 atom stereocenters. The molecule has 0 unspecified atom stereocenters. The number of methoxy groups -OCH3 is 4. The fraction of sp³-hybridized carbons (Fsp3) is 0.400. The predicted molar refractivity (Wildman–Crippen MR) is 274 cm³/mol. The number of nitrogens with zero attached hydrogens (tertiary/aromatic N) is 6. The second-order valence-corrected chi connectivity index (χ2v) is 24.0. The largest absolute Gasteiger partial charge is 0.497 e. The van der Waals surface area contributed by atoms with Crippen LogP contribution in [0, 0.1) is 0 Å². The van der Waals surface area contributed by atoms with Crippen molar-refractivity contribution in [1.29, 1.82) is 0 Å². The van der Waals surface area contributed by atoms with Gasteiger partial charge >= 0.3 is 0 Å². The third kappa shape index (κ3) is 11.3. The molecular formula is C50H62N6O8S4. The number of hydrogen-bond acceptors (Lipinski definition) is 14. The highest BCUT2D eigenvalue weighted by atomic mass is 32.2. The fourth-order valence-corrected chi connectivity index (χ4v) is 12.5. The van der Waals surface area contributed by atoms with Crippen LogP contribution in [-0.2, 0) is 30.9 Å². The van der Waals surface area contributed by atoms with Crippen LogP contribution in [0.15, 0.2) is 105 Å². The maximum atomic E-state index is 13.2. The topological polar surface area (TPSA) is 144 Å². The van der Waals surface area contributed by atoms with E-state index in [1.54, 1.807) is 84.0 Å². The summed E-state index contributed by atoms with van der Waals surface area (Å²) in [5.74, 6) is 2.79. The van der Waals surface area contributed by atoms with Gasteiger partial charge in [-0.1, -0.05) is 65.8 Å². The molecule has 0 bridgehead atoms. The summed E-state index contributed by atoms with van der Waals surface area (Å²) < 4.78 is 77.4. The SMILES string of the molecule is COc1ccc(-c2csc(N3CCN(S(=O)(=O)c4ccc(C(C)(C)C)cc4)CC3)n2)cc1OC.COc1ccc(OC)c(-c2csc(N3CCN(S(=O)(=O)c4ccc(C(C)(C)C)cc4)CC3)n2)c1. The monoisotopic (exact) mass is 1000 g/mol. The van der Waals surface area contributed by atoms with Gasteiger partial charge < -0.3 is 28.7 Å². The van der Waals surface area contributed by atoms with E-state index in [0.717, 1.165) is 55.4 Å². The van der Waals surface area contributed by atoms with E-state index in [4.69, 9.17) is 28.9 Å². The second-order valence-electron chi connectivity index (χ2n) is 18.5. The van der Waals surface area contributed by atoms with E-state index in [-0.39, 0.29) is 10.8 Å². The number of anilines is 2. The molecule has 0 amide bonds. The lowest BCUT2D eigenvalue weighted by atomic mass is 9.87. The molecule has 0 spiro atoms. The normalized spacial score (nSPS) is 15.4. The van der Waals surface area contributed by atoms with Crippen molar-refractivity contribution in [3.05, 3.63) is 107 Å².